The molecule has 5 heteroatoms. The third-order valence-corrected chi connectivity index (χ3v) is 4.61. The van der Waals surface area contributed by atoms with E-state index in [1.807, 2.05) is 6.33 Å². The van der Waals surface area contributed by atoms with Crippen molar-refractivity contribution in [1.82, 2.24) is 9.55 Å². The van der Waals surface area contributed by atoms with Crippen molar-refractivity contribution in [3.63, 3.8) is 0 Å². The number of carbonyl (C=O) groups excluding carboxylic acids is 1. The molecule has 3 rings (SSSR count). The van der Waals surface area contributed by atoms with Gasteiger partial charge in [0, 0.05) is 12.1 Å². The van der Waals surface area contributed by atoms with Crippen LogP contribution in [0.4, 0.5) is 0 Å². The van der Waals surface area contributed by atoms with Crippen LogP contribution >= 0.6 is 0 Å². The zero-order valence-electron chi connectivity index (χ0n) is 15.7. The smallest absolute Gasteiger partial charge is 0.161 e. The quantitative estimate of drug-likeness (QED) is 0.469. The summed E-state index contributed by atoms with van der Waals surface area (Å²) >= 11 is 0. The number of methoxy groups -OCH3 is 1. The van der Waals surface area contributed by atoms with Crippen molar-refractivity contribution in [3.05, 3.63) is 53.3 Å². The van der Waals surface area contributed by atoms with E-state index in [0.717, 1.165) is 24.0 Å². The van der Waals surface area contributed by atoms with E-state index in [4.69, 9.17) is 9.47 Å². The van der Waals surface area contributed by atoms with Crippen molar-refractivity contribution < 1.29 is 14.3 Å². The number of ketones is 1. The number of nitrogens with zero attached hydrogens (tertiary/aromatic N) is 2. The summed E-state index contributed by atoms with van der Waals surface area (Å²) in [6.45, 7) is 7.14. The maximum atomic E-state index is 11.5. The molecule has 0 aliphatic carbocycles. The molecule has 0 aliphatic heterocycles. The van der Waals surface area contributed by atoms with Gasteiger partial charge in [-0.2, -0.15) is 0 Å². The number of aryl methyl sites for hydroxylation is 3. The minimum atomic E-state index is 0.00682. The number of hydrogen-bond donors (Lipinski definition) is 0. The predicted octanol–water partition coefficient (Wildman–Crippen LogP) is 4.33. The minimum Gasteiger partial charge on any atom is -0.493 e. The number of rotatable bonds is 7. The number of aromatic nitrogens is 2. The lowest BCUT2D eigenvalue weighted by Gasteiger charge is -2.12. The summed E-state index contributed by atoms with van der Waals surface area (Å²) in [5, 5.41) is 0. The highest BCUT2D eigenvalue weighted by molar-refractivity contribution is 5.94. The summed E-state index contributed by atoms with van der Waals surface area (Å²) in [4.78, 5) is 15.9. The molecule has 0 amide bonds. The van der Waals surface area contributed by atoms with E-state index < -0.39 is 0 Å². The van der Waals surface area contributed by atoms with Crippen molar-refractivity contribution in [2.75, 3.05) is 13.7 Å². The molecule has 5 nitrogen and oxygen atoms in total. The molecule has 0 aliphatic rings. The minimum absolute atomic E-state index is 0.00682. The van der Waals surface area contributed by atoms with Gasteiger partial charge in [-0.15, -0.1) is 0 Å². The normalized spacial score (nSPS) is 10.9. The van der Waals surface area contributed by atoms with E-state index in [1.165, 1.54) is 18.1 Å². The topological polar surface area (TPSA) is 53.4 Å². The van der Waals surface area contributed by atoms with E-state index in [-0.39, 0.29) is 5.78 Å². The molecule has 1 aromatic heterocycles. The molecule has 0 fully saturated rings. The summed E-state index contributed by atoms with van der Waals surface area (Å²) in [6.07, 6.45) is 2.72. The number of imidazole rings is 1. The standard InChI is InChI=1S/C21H24N2O3/c1-14-10-18-19(11-15(14)2)23(13-22-18)8-5-9-26-20-7-6-17(16(3)24)12-21(20)25-4/h6-7,10-13H,5,8-9H2,1-4H3. The summed E-state index contributed by atoms with van der Waals surface area (Å²) in [5.74, 6) is 1.24. The Bertz CT molecular complexity index is 944. The molecule has 0 saturated heterocycles. The van der Waals surface area contributed by atoms with Gasteiger partial charge in [0.1, 0.15) is 0 Å². The summed E-state index contributed by atoms with van der Waals surface area (Å²) in [6, 6.07) is 9.57. The molecular weight excluding hydrogens is 328 g/mol. The largest absolute Gasteiger partial charge is 0.493 e. The second-order valence-electron chi connectivity index (χ2n) is 6.49. The Morgan fingerprint density at radius 1 is 1.12 bits per heavy atom. The van der Waals surface area contributed by atoms with E-state index in [1.54, 1.807) is 25.3 Å². The van der Waals surface area contributed by atoms with Crippen LogP contribution in [0.25, 0.3) is 11.0 Å². The van der Waals surface area contributed by atoms with Gasteiger partial charge in [-0.25, -0.2) is 4.98 Å². The molecule has 1 heterocycles. The molecular formula is C21H24N2O3. The summed E-state index contributed by atoms with van der Waals surface area (Å²) in [5.41, 5.74) is 5.31. The second-order valence-corrected chi connectivity index (χ2v) is 6.49. The van der Waals surface area contributed by atoms with Crippen LogP contribution in [-0.2, 0) is 6.54 Å². The zero-order valence-corrected chi connectivity index (χ0v) is 15.7. The molecule has 0 spiro atoms. The van der Waals surface area contributed by atoms with Crippen LogP contribution in [0.5, 0.6) is 11.5 Å². The van der Waals surface area contributed by atoms with Gasteiger partial charge in [-0.05, 0) is 68.7 Å². The average Bonchev–Trinajstić information content (AvgIpc) is 3.00. The first-order chi connectivity index (χ1) is 12.5. The molecule has 0 saturated carbocycles. The van der Waals surface area contributed by atoms with Gasteiger partial charge >= 0.3 is 0 Å². The van der Waals surface area contributed by atoms with E-state index in [0.29, 0.717) is 23.7 Å². The maximum absolute atomic E-state index is 11.5. The zero-order chi connectivity index (χ0) is 18.7. The lowest BCUT2D eigenvalue weighted by Crippen LogP contribution is -2.05. The number of Topliss-reactive ketones (excluding diaryl/α,β-unsaturated/α-hetero) is 1. The molecule has 3 aromatic rings. The van der Waals surface area contributed by atoms with Gasteiger partial charge in [-0.3, -0.25) is 4.79 Å². The van der Waals surface area contributed by atoms with Crippen molar-refractivity contribution >= 4 is 16.8 Å². The molecule has 0 bridgehead atoms. The van der Waals surface area contributed by atoms with Crippen LogP contribution in [0.15, 0.2) is 36.7 Å². The van der Waals surface area contributed by atoms with E-state index in [9.17, 15) is 4.79 Å². The van der Waals surface area contributed by atoms with Gasteiger partial charge in [0.05, 0.1) is 31.1 Å². The molecule has 0 N–H and O–H groups in total. The van der Waals surface area contributed by atoms with Gasteiger partial charge < -0.3 is 14.0 Å². The third kappa shape index (κ3) is 3.72. The number of benzene rings is 2. The monoisotopic (exact) mass is 352 g/mol. The highest BCUT2D eigenvalue weighted by Crippen LogP contribution is 2.28. The van der Waals surface area contributed by atoms with Gasteiger partial charge in [0.25, 0.3) is 0 Å². The number of ether oxygens (including phenoxy) is 2. The van der Waals surface area contributed by atoms with Gasteiger partial charge in [0.15, 0.2) is 17.3 Å². The Hall–Kier alpha value is -2.82. The lowest BCUT2D eigenvalue weighted by atomic mass is 10.1. The average molecular weight is 352 g/mol. The fourth-order valence-corrected chi connectivity index (χ4v) is 2.91. The Morgan fingerprint density at radius 2 is 1.88 bits per heavy atom. The SMILES string of the molecule is COc1cc(C(C)=O)ccc1OCCCn1cnc2cc(C)c(C)cc21. The van der Waals surface area contributed by atoms with Crippen molar-refractivity contribution in [1.29, 1.82) is 0 Å². The first kappa shape index (κ1) is 18.0. The molecule has 0 atom stereocenters. The predicted molar refractivity (Wildman–Crippen MR) is 102 cm³/mol. The Kier molecular flexibility index (Phi) is 5.26. The number of carbonyl (C=O) groups is 1. The highest BCUT2D eigenvalue weighted by Gasteiger charge is 2.09. The van der Waals surface area contributed by atoms with Crippen LogP contribution in [0.2, 0.25) is 0 Å². The summed E-state index contributed by atoms with van der Waals surface area (Å²) in [7, 11) is 1.58. The molecule has 0 unspecified atom stereocenters. The van der Waals surface area contributed by atoms with E-state index in [2.05, 4.69) is 35.5 Å². The van der Waals surface area contributed by atoms with Crippen LogP contribution < -0.4 is 9.47 Å². The van der Waals surface area contributed by atoms with Crippen LogP contribution in [-0.4, -0.2) is 29.1 Å². The second kappa shape index (κ2) is 7.60. The van der Waals surface area contributed by atoms with Crippen molar-refractivity contribution in [2.45, 2.75) is 33.7 Å². The lowest BCUT2D eigenvalue weighted by molar-refractivity contribution is 0.101. The van der Waals surface area contributed by atoms with Crippen molar-refractivity contribution in [3.8, 4) is 11.5 Å². The first-order valence-corrected chi connectivity index (χ1v) is 8.73. The molecule has 0 radical (unpaired) electrons. The fourth-order valence-electron chi connectivity index (χ4n) is 2.91. The van der Waals surface area contributed by atoms with Crippen molar-refractivity contribution in [2.24, 2.45) is 0 Å². The van der Waals surface area contributed by atoms with Gasteiger partial charge in [-0.1, -0.05) is 0 Å². The number of fused-ring (bicyclic) bond motifs is 1. The van der Waals surface area contributed by atoms with Crippen LogP contribution in [0.3, 0.4) is 0 Å². The Morgan fingerprint density at radius 3 is 2.62 bits per heavy atom. The highest BCUT2D eigenvalue weighted by atomic mass is 16.5. The summed E-state index contributed by atoms with van der Waals surface area (Å²) < 4.78 is 13.3. The Labute approximate surface area is 153 Å². The first-order valence-electron chi connectivity index (χ1n) is 8.73. The Balaban J connectivity index is 1.63. The van der Waals surface area contributed by atoms with Crippen LogP contribution in [0, 0.1) is 13.8 Å². The van der Waals surface area contributed by atoms with E-state index >= 15 is 0 Å². The third-order valence-electron chi connectivity index (χ3n) is 4.61. The molecule has 26 heavy (non-hydrogen) atoms. The number of hydrogen-bond acceptors (Lipinski definition) is 4. The molecule has 136 valence electrons. The van der Waals surface area contributed by atoms with Gasteiger partial charge in [0.2, 0.25) is 0 Å². The van der Waals surface area contributed by atoms with Crippen LogP contribution in [0.1, 0.15) is 34.8 Å². The fraction of sp³-hybridized carbons (Fsp3) is 0.333. The maximum Gasteiger partial charge on any atom is 0.161 e. The molecule has 2 aromatic carbocycles.